The number of carbonyl (C=O) groups is 1. The highest BCUT2D eigenvalue weighted by Gasteiger charge is 2.42. The lowest BCUT2D eigenvalue weighted by Crippen LogP contribution is -2.38. The van der Waals surface area contributed by atoms with Gasteiger partial charge in [-0.2, -0.15) is 5.10 Å². The Morgan fingerprint density at radius 3 is 2.43 bits per heavy atom. The molecule has 2 N–H and O–H groups in total. The molecule has 2 fully saturated rings. The van der Waals surface area contributed by atoms with Gasteiger partial charge in [-0.05, 0) is 30.7 Å². The van der Waals surface area contributed by atoms with Crippen molar-refractivity contribution in [2.24, 2.45) is 17.8 Å². The van der Waals surface area contributed by atoms with Crippen LogP contribution in [-0.2, 0) is 11.3 Å². The fourth-order valence-corrected chi connectivity index (χ4v) is 3.67. The van der Waals surface area contributed by atoms with Gasteiger partial charge in [-0.15, -0.1) is 0 Å². The number of likely N-dealkylation sites (tertiary alicyclic amines) is 1. The second-order valence-electron chi connectivity index (χ2n) is 6.50. The average Bonchev–Trinajstić information content (AvgIpc) is 3.08. The number of nitrogens with zero attached hydrogens (tertiary/aromatic N) is 3. The third-order valence-corrected chi connectivity index (χ3v) is 4.86. The lowest BCUT2D eigenvalue weighted by atomic mass is 9.79. The summed E-state index contributed by atoms with van der Waals surface area (Å²) in [5.74, 6) is 0.678. The van der Waals surface area contributed by atoms with Crippen LogP contribution >= 0.6 is 0 Å². The smallest absolute Gasteiger partial charge is 0.227 e. The summed E-state index contributed by atoms with van der Waals surface area (Å²) in [5, 5.41) is 23.7. The van der Waals surface area contributed by atoms with Crippen LogP contribution in [-0.4, -0.2) is 56.1 Å². The van der Waals surface area contributed by atoms with E-state index in [2.05, 4.69) is 5.10 Å². The molecule has 3 rings (SSSR count). The highest BCUT2D eigenvalue weighted by atomic mass is 16.3. The van der Waals surface area contributed by atoms with Crippen LogP contribution < -0.4 is 0 Å². The second kappa shape index (κ2) is 5.77. The van der Waals surface area contributed by atoms with Crippen LogP contribution in [0.5, 0.6) is 0 Å². The number of aliphatic hydroxyl groups excluding tert-OH is 2. The van der Waals surface area contributed by atoms with Gasteiger partial charge >= 0.3 is 0 Å². The normalized spacial score (nSPS) is 33.8. The third-order valence-electron chi connectivity index (χ3n) is 4.86. The highest BCUT2D eigenvalue weighted by Crippen LogP contribution is 2.37. The SMILES string of the molecule is C[C@H](Cn1cccn1)C(=O)N1C[C@H]2C[C@H](O)[C@@H](O)C[C@H]2C1. The van der Waals surface area contributed by atoms with Crippen LogP contribution in [0.1, 0.15) is 19.8 Å². The minimum absolute atomic E-state index is 0.111. The lowest BCUT2D eigenvalue weighted by Gasteiger charge is -2.31. The Kier molecular flexibility index (Phi) is 3.99. The molecule has 21 heavy (non-hydrogen) atoms. The van der Waals surface area contributed by atoms with Crippen molar-refractivity contribution in [1.29, 1.82) is 0 Å². The first-order chi connectivity index (χ1) is 10.0. The number of amides is 1. The zero-order valence-electron chi connectivity index (χ0n) is 12.3. The molecule has 1 aromatic rings. The van der Waals surface area contributed by atoms with E-state index in [-0.39, 0.29) is 11.8 Å². The zero-order valence-corrected chi connectivity index (χ0v) is 12.3. The Hall–Kier alpha value is -1.40. The number of aromatic nitrogens is 2. The van der Waals surface area contributed by atoms with Crippen molar-refractivity contribution in [2.75, 3.05) is 13.1 Å². The molecule has 2 heterocycles. The van der Waals surface area contributed by atoms with E-state index in [0.717, 1.165) is 0 Å². The lowest BCUT2D eigenvalue weighted by molar-refractivity contribution is -0.134. The molecule has 1 amide bonds. The summed E-state index contributed by atoms with van der Waals surface area (Å²) in [4.78, 5) is 14.4. The van der Waals surface area contributed by atoms with Gasteiger partial charge in [-0.1, -0.05) is 6.92 Å². The standard InChI is InChI=1S/C15H23N3O3/c1-10(7-18-4-2-3-16-18)15(21)17-8-11-5-13(19)14(20)6-12(11)9-17/h2-4,10-14,19-20H,5-9H2,1H3/t10-,11-,12+,13+,14+/m1/s1. The van der Waals surface area contributed by atoms with E-state index in [4.69, 9.17) is 0 Å². The van der Waals surface area contributed by atoms with Crippen LogP contribution in [0.25, 0.3) is 0 Å². The molecule has 0 unspecified atom stereocenters. The molecule has 1 saturated carbocycles. The van der Waals surface area contributed by atoms with Crippen molar-refractivity contribution < 1.29 is 15.0 Å². The van der Waals surface area contributed by atoms with Crippen LogP contribution in [0, 0.1) is 17.8 Å². The maximum atomic E-state index is 12.5. The first kappa shape index (κ1) is 14.5. The molecule has 5 atom stereocenters. The second-order valence-corrected chi connectivity index (χ2v) is 6.50. The van der Waals surface area contributed by atoms with Gasteiger partial charge in [-0.25, -0.2) is 0 Å². The summed E-state index contributed by atoms with van der Waals surface area (Å²) in [5.41, 5.74) is 0. The van der Waals surface area contributed by atoms with Crippen LogP contribution in [0.3, 0.4) is 0 Å². The number of fused-ring (bicyclic) bond motifs is 1. The summed E-state index contributed by atoms with van der Waals surface area (Å²) < 4.78 is 1.78. The Balaban J connectivity index is 1.59. The van der Waals surface area contributed by atoms with Crippen molar-refractivity contribution >= 4 is 5.91 Å². The molecular weight excluding hydrogens is 270 g/mol. The predicted octanol–water partition coefficient (Wildman–Crippen LogP) is 0.109. The monoisotopic (exact) mass is 293 g/mol. The van der Waals surface area contributed by atoms with Crippen LogP contribution in [0.2, 0.25) is 0 Å². The molecule has 6 heteroatoms. The topological polar surface area (TPSA) is 78.6 Å². The fourth-order valence-electron chi connectivity index (χ4n) is 3.67. The summed E-state index contributed by atoms with van der Waals surface area (Å²) in [6, 6.07) is 1.85. The van der Waals surface area contributed by atoms with E-state index in [1.165, 1.54) is 0 Å². The first-order valence-corrected chi connectivity index (χ1v) is 7.67. The fraction of sp³-hybridized carbons (Fsp3) is 0.733. The van der Waals surface area contributed by atoms with Crippen LogP contribution in [0.15, 0.2) is 18.5 Å². The summed E-state index contributed by atoms with van der Waals surface area (Å²) in [7, 11) is 0. The molecule has 0 spiro atoms. The molecule has 2 aliphatic rings. The minimum Gasteiger partial charge on any atom is -0.390 e. The van der Waals surface area contributed by atoms with Gasteiger partial charge in [-0.3, -0.25) is 9.48 Å². The highest BCUT2D eigenvalue weighted by molar-refractivity contribution is 5.78. The van der Waals surface area contributed by atoms with Gasteiger partial charge in [0.1, 0.15) is 0 Å². The number of aliphatic hydroxyl groups is 2. The average molecular weight is 293 g/mol. The largest absolute Gasteiger partial charge is 0.390 e. The van der Waals surface area contributed by atoms with Crippen molar-refractivity contribution in [3.8, 4) is 0 Å². The predicted molar refractivity (Wildman–Crippen MR) is 76.2 cm³/mol. The van der Waals surface area contributed by atoms with E-state index in [1.54, 1.807) is 10.9 Å². The molecule has 1 saturated heterocycles. The molecule has 6 nitrogen and oxygen atoms in total. The van der Waals surface area contributed by atoms with E-state index in [1.807, 2.05) is 24.1 Å². The molecule has 1 aliphatic carbocycles. The quantitative estimate of drug-likeness (QED) is 0.829. The van der Waals surface area contributed by atoms with Gasteiger partial charge in [0.25, 0.3) is 0 Å². The molecule has 0 radical (unpaired) electrons. The maximum absolute atomic E-state index is 12.5. The Bertz CT molecular complexity index is 472. The van der Waals surface area contributed by atoms with Gasteiger partial charge in [0.2, 0.25) is 5.91 Å². The van der Waals surface area contributed by atoms with Crippen LogP contribution in [0.4, 0.5) is 0 Å². The molecule has 116 valence electrons. The maximum Gasteiger partial charge on any atom is 0.227 e. The van der Waals surface area contributed by atoms with Gasteiger partial charge in [0.15, 0.2) is 0 Å². The zero-order chi connectivity index (χ0) is 15.0. The van der Waals surface area contributed by atoms with Gasteiger partial charge in [0.05, 0.1) is 24.7 Å². The Morgan fingerprint density at radius 2 is 1.90 bits per heavy atom. The number of hydrogen-bond donors (Lipinski definition) is 2. The Morgan fingerprint density at radius 1 is 1.29 bits per heavy atom. The molecule has 0 bridgehead atoms. The number of hydrogen-bond acceptors (Lipinski definition) is 4. The molecule has 1 aliphatic heterocycles. The first-order valence-electron chi connectivity index (χ1n) is 7.67. The van der Waals surface area contributed by atoms with E-state index < -0.39 is 12.2 Å². The number of rotatable bonds is 3. The Labute approximate surface area is 124 Å². The number of carbonyl (C=O) groups excluding carboxylic acids is 1. The third kappa shape index (κ3) is 2.96. The van der Waals surface area contributed by atoms with Crippen molar-refractivity contribution in [2.45, 2.75) is 38.5 Å². The van der Waals surface area contributed by atoms with E-state index >= 15 is 0 Å². The molecule has 0 aromatic carbocycles. The van der Waals surface area contributed by atoms with Crippen molar-refractivity contribution in [1.82, 2.24) is 14.7 Å². The van der Waals surface area contributed by atoms with Gasteiger partial charge in [0, 0.05) is 25.5 Å². The van der Waals surface area contributed by atoms with Gasteiger partial charge < -0.3 is 15.1 Å². The molecular formula is C15H23N3O3. The molecule has 1 aromatic heterocycles. The summed E-state index contributed by atoms with van der Waals surface area (Å²) in [6.07, 6.45) is 3.50. The summed E-state index contributed by atoms with van der Waals surface area (Å²) in [6.45, 7) is 3.92. The van der Waals surface area contributed by atoms with Crippen molar-refractivity contribution in [3.05, 3.63) is 18.5 Å². The minimum atomic E-state index is -0.636. The van der Waals surface area contributed by atoms with E-state index in [9.17, 15) is 15.0 Å². The van der Waals surface area contributed by atoms with E-state index in [0.29, 0.717) is 44.3 Å². The van der Waals surface area contributed by atoms with Crippen molar-refractivity contribution in [3.63, 3.8) is 0 Å². The summed E-state index contributed by atoms with van der Waals surface area (Å²) >= 11 is 0.